The van der Waals surface area contributed by atoms with Crippen LogP contribution in [0.15, 0.2) is 0 Å². The highest BCUT2D eigenvalue weighted by Gasteiger charge is 2.18. The van der Waals surface area contributed by atoms with Crippen molar-refractivity contribution in [3.8, 4) is 6.07 Å². The number of nitrogens with one attached hydrogen (secondary N) is 2. The van der Waals surface area contributed by atoms with Crippen LogP contribution in [0, 0.1) is 17.2 Å². The first-order chi connectivity index (χ1) is 6.26. The van der Waals surface area contributed by atoms with Crippen molar-refractivity contribution >= 4 is 6.03 Å². The van der Waals surface area contributed by atoms with E-state index in [1.165, 1.54) is 0 Å². The normalized spacial score (nSPS) is 13.2. The maximum atomic E-state index is 11.4. The molecule has 0 saturated heterocycles. The number of rotatable bonds is 2. The van der Waals surface area contributed by atoms with Gasteiger partial charge in [-0.2, -0.15) is 5.26 Å². The molecule has 0 fully saturated rings. The van der Waals surface area contributed by atoms with Gasteiger partial charge in [0.15, 0.2) is 0 Å². The molecule has 2 amide bonds. The standard InChI is InChI=1S/C10H19N3O/c1-7(2)8(6-11)12-9(14)13-10(3,4)5/h7-8H,1-5H3,(H2,12,13,14). The zero-order valence-electron chi connectivity index (χ0n) is 9.51. The molecular formula is C10H19N3O. The highest BCUT2D eigenvalue weighted by Crippen LogP contribution is 2.01. The first-order valence-corrected chi connectivity index (χ1v) is 4.74. The number of amides is 2. The molecule has 0 bridgehead atoms. The van der Waals surface area contributed by atoms with Gasteiger partial charge >= 0.3 is 6.03 Å². The van der Waals surface area contributed by atoms with Gasteiger partial charge in [0.05, 0.1) is 6.07 Å². The quantitative estimate of drug-likeness (QED) is 0.706. The molecular weight excluding hydrogens is 178 g/mol. The molecule has 0 aliphatic rings. The second-order valence-corrected chi connectivity index (χ2v) is 4.70. The van der Waals surface area contributed by atoms with Crippen molar-refractivity contribution in [2.45, 2.75) is 46.2 Å². The second-order valence-electron chi connectivity index (χ2n) is 4.70. The molecule has 0 heterocycles. The van der Waals surface area contributed by atoms with Crippen molar-refractivity contribution in [3.05, 3.63) is 0 Å². The Morgan fingerprint density at radius 1 is 1.36 bits per heavy atom. The first kappa shape index (κ1) is 12.8. The number of urea groups is 1. The second kappa shape index (κ2) is 4.85. The van der Waals surface area contributed by atoms with Crippen molar-refractivity contribution in [1.82, 2.24) is 10.6 Å². The molecule has 0 spiro atoms. The predicted molar refractivity (Wildman–Crippen MR) is 55.7 cm³/mol. The van der Waals surface area contributed by atoms with E-state index in [9.17, 15) is 4.79 Å². The summed E-state index contributed by atoms with van der Waals surface area (Å²) in [7, 11) is 0. The van der Waals surface area contributed by atoms with Crippen molar-refractivity contribution in [1.29, 1.82) is 5.26 Å². The Kier molecular flexibility index (Phi) is 4.42. The third-order valence-corrected chi connectivity index (χ3v) is 1.58. The van der Waals surface area contributed by atoms with Crippen LogP contribution in [0.3, 0.4) is 0 Å². The van der Waals surface area contributed by atoms with Gasteiger partial charge < -0.3 is 10.6 Å². The summed E-state index contributed by atoms with van der Waals surface area (Å²) < 4.78 is 0. The van der Waals surface area contributed by atoms with Crippen molar-refractivity contribution in [3.63, 3.8) is 0 Å². The highest BCUT2D eigenvalue weighted by atomic mass is 16.2. The smallest absolute Gasteiger partial charge is 0.316 e. The predicted octanol–water partition coefficient (Wildman–Crippen LogP) is 1.63. The Morgan fingerprint density at radius 2 is 1.86 bits per heavy atom. The Morgan fingerprint density at radius 3 is 2.14 bits per heavy atom. The van der Waals surface area contributed by atoms with Gasteiger partial charge in [-0.1, -0.05) is 13.8 Å². The van der Waals surface area contributed by atoms with E-state index in [1.807, 2.05) is 40.7 Å². The number of nitriles is 1. The molecule has 0 aliphatic carbocycles. The van der Waals surface area contributed by atoms with Crippen LogP contribution in [0.2, 0.25) is 0 Å². The monoisotopic (exact) mass is 197 g/mol. The molecule has 2 N–H and O–H groups in total. The fourth-order valence-corrected chi connectivity index (χ4v) is 0.866. The summed E-state index contributed by atoms with van der Waals surface area (Å²) in [4.78, 5) is 11.4. The average Bonchev–Trinajstić information content (AvgIpc) is 1.96. The lowest BCUT2D eigenvalue weighted by Gasteiger charge is -2.23. The fraction of sp³-hybridized carbons (Fsp3) is 0.800. The van der Waals surface area contributed by atoms with E-state index in [2.05, 4.69) is 10.6 Å². The number of hydrogen-bond donors (Lipinski definition) is 2. The van der Waals surface area contributed by atoms with Gasteiger partial charge in [-0.05, 0) is 26.7 Å². The number of carbonyl (C=O) groups excluding carboxylic acids is 1. The lowest BCUT2D eigenvalue weighted by molar-refractivity contribution is 0.228. The minimum atomic E-state index is -0.433. The highest BCUT2D eigenvalue weighted by molar-refractivity contribution is 5.75. The van der Waals surface area contributed by atoms with Gasteiger partial charge in [0.1, 0.15) is 6.04 Å². The summed E-state index contributed by atoms with van der Waals surface area (Å²) in [6, 6.07) is 1.32. The lowest BCUT2D eigenvalue weighted by atomic mass is 10.1. The summed E-state index contributed by atoms with van der Waals surface area (Å²) in [5.41, 5.74) is -0.277. The van der Waals surface area contributed by atoms with Gasteiger partial charge in [0, 0.05) is 5.54 Å². The molecule has 0 aliphatic heterocycles. The molecule has 1 atom stereocenters. The van der Waals surface area contributed by atoms with E-state index in [4.69, 9.17) is 5.26 Å². The van der Waals surface area contributed by atoms with Gasteiger partial charge in [-0.3, -0.25) is 0 Å². The topological polar surface area (TPSA) is 64.9 Å². The minimum Gasteiger partial charge on any atom is -0.334 e. The molecule has 80 valence electrons. The van der Waals surface area contributed by atoms with Crippen LogP contribution in [0.25, 0.3) is 0 Å². The van der Waals surface area contributed by atoms with E-state index in [-0.39, 0.29) is 17.5 Å². The van der Waals surface area contributed by atoms with E-state index < -0.39 is 6.04 Å². The fourth-order valence-electron chi connectivity index (χ4n) is 0.866. The van der Waals surface area contributed by atoms with Crippen molar-refractivity contribution in [2.24, 2.45) is 5.92 Å². The van der Waals surface area contributed by atoms with Crippen LogP contribution in [0.1, 0.15) is 34.6 Å². The van der Waals surface area contributed by atoms with Crippen molar-refractivity contribution in [2.75, 3.05) is 0 Å². The number of nitrogens with zero attached hydrogens (tertiary/aromatic N) is 1. The average molecular weight is 197 g/mol. The van der Waals surface area contributed by atoms with Gasteiger partial charge in [0.25, 0.3) is 0 Å². The Labute approximate surface area is 85.7 Å². The molecule has 4 heteroatoms. The molecule has 4 nitrogen and oxygen atoms in total. The van der Waals surface area contributed by atoms with E-state index in [0.717, 1.165) is 0 Å². The summed E-state index contributed by atoms with van der Waals surface area (Å²) in [6.45, 7) is 9.46. The van der Waals surface area contributed by atoms with Crippen LogP contribution >= 0.6 is 0 Å². The summed E-state index contributed by atoms with van der Waals surface area (Å²) in [5.74, 6) is 0.116. The molecule has 14 heavy (non-hydrogen) atoms. The van der Waals surface area contributed by atoms with Crippen LogP contribution in [0.5, 0.6) is 0 Å². The van der Waals surface area contributed by atoms with Crippen LogP contribution in [-0.2, 0) is 0 Å². The Balaban J connectivity index is 4.13. The van der Waals surface area contributed by atoms with Gasteiger partial charge in [-0.15, -0.1) is 0 Å². The van der Waals surface area contributed by atoms with Crippen LogP contribution in [0.4, 0.5) is 4.79 Å². The van der Waals surface area contributed by atoms with Crippen LogP contribution in [-0.4, -0.2) is 17.6 Å². The maximum Gasteiger partial charge on any atom is 0.316 e. The molecule has 0 rings (SSSR count). The molecule has 0 aromatic rings. The van der Waals surface area contributed by atoms with Crippen LogP contribution < -0.4 is 10.6 Å². The summed E-state index contributed by atoms with van der Waals surface area (Å²) in [5, 5.41) is 14.1. The maximum absolute atomic E-state index is 11.4. The Hall–Kier alpha value is -1.24. The lowest BCUT2D eigenvalue weighted by Crippen LogP contribution is -2.50. The molecule has 0 radical (unpaired) electrons. The van der Waals surface area contributed by atoms with Gasteiger partial charge in [-0.25, -0.2) is 4.79 Å². The van der Waals surface area contributed by atoms with Gasteiger partial charge in [0.2, 0.25) is 0 Å². The van der Waals surface area contributed by atoms with E-state index >= 15 is 0 Å². The molecule has 0 aromatic heterocycles. The summed E-state index contributed by atoms with van der Waals surface area (Å²) >= 11 is 0. The molecule has 0 aromatic carbocycles. The Bertz CT molecular complexity index is 235. The molecule has 0 saturated carbocycles. The third kappa shape index (κ3) is 5.41. The van der Waals surface area contributed by atoms with E-state index in [1.54, 1.807) is 0 Å². The third-order valence-electron chi connectivity index (χ3n) is 1.58. The zero-order valence-corrected chi connectivity index (χ0v) is 9.51. The van der Waals surface area contributed by atoms with E-state index in [0.29, 0.717) is 0 Å². The summed E-state index contributed by atoms with van der Waals surface area (Å²) in [6.07, 6.45) is 0. The largest absolute Gasteiger partial charge is 0.334 e. The first-order valence-electron chi connectivity index (χ1n) is 4.74. The number of hydrogen-bond acceptors (Lipinski definition) is 2. The zero-order chi connectivity index (χ0) is 11.4. The van der Waals surface area contributed by atoms with Crippen molar-refractivity contribution < 1.29 is 4.79 Å². The number of carbonyl (C=O) groups is 1. The SMILES string of the molecule is CC(C)C(C#N)NC(=O)NC(C)(C)C. The minimum absolute atomic E-state index is 0.116. The molecule has 1 unspecified atom stereocenters.